The quantitative estimate of drug-likeness (QED) is 0.749. The van der Waals surface area contributed by atoms with E-state index in [4.69, 9.17) is 5.73 Å². The molecule has 1 unspecified atom stereocenters. The molecule has 1 aromatic heterocycles. The molecule has 0 spiro atoms. The van der Waals surface area contributed by atoms with Gasteiger partial charge >= 0.3 is 0 Å². The van der Waals surface area contributed by atoms with Crippen molar-refractivity contribution in [3.05, 3.63) is 18.2 Å². The average Bonchev–Trinajstić information content (AvgIpc) is 2.54. The summed E-state index contributed by atoms with van der Waals surface area (Å²) in [4.78, 5) is 6.54. The number of hydrogen-bond donors (Lipinski definition) is 1. The molecule has 1 atom stereocenters. The largest absolute Gasteiger partial charge is 0.337 e. The lowest BCUT2D eigenvalue weighted by Gasteiger charge is -2.25. The van der Waals surface area contributed by atoms with Crippen LogP contribution in [-0.4, -0.2) is 34.1 Å². The first kappa shape index (κ1) is 11.2. The summed E-state index contributed by atoms with van der Waals surface area (Å²) >= 11 is 0. The fourth-order valence-corrected chi connectivity index (χ4v) is 1.56. The number of imidazole rings is 1. The van der Waals surface area contributed by atoms with Gasteiger partial charge in [-0.25, -0.2) is 4.98 Å². The Balaban J connectivity index is 2.56. The Bertz CT molecular complexity index is 265. The summed E-state index contributed by atoms with van der Waals surface area (Å²) in [5.41, 5.74) is 5.68. The zero-order valence-electron chi connectivity index (χ0n) is 9.27. The Hall–Kier alpha value is -0.870. The van der Waals surface area contributed by atoms with Crippen LogP contribution in [0.5, 0.6) is 0 Å². The van der Waals surface area contributed by atoms with Crippen LogP contribution in [0.1, 0.15) is 19.2 Å². The second kappa shape index (κ2) is 5.12. The molecule has 1 heterocycles. The van der Waals surface area contributed by atoms with E-state index >= 15 is 0 Å². The third-order valence-electron chi connectivity index (χ3n) is 2.68. The molecule has 1 rings (SSSR count). The van der Waals surface area contributed by atoms with Crippen LogP contribution in [0.2, 0.25) is 0 Å². The highest BCUT2D eigenvalue weighted by molar-refractivity contribution is 4.91. The fraction of sp³-hybridized carbons (Fsp3) is 0.700. The zero-order valence-corrected chi connectivity index (χ0v) is 9.27. The molecular weight excluding hydrogens is 176 g/mol. The van der Waals surface area contributed by atoms with E-state index in [1.165, 1.54) is 0 Å². The van der Waals surface area contributed by atoms with Crippen LogP contribution in [0.15, 0.2) is 12.4 Å². The Morgan fingerprint density at radius 2 is 2.36 bits per heavy atom. The summed E-state index contributed by atoms with van der Waals surface area (Å²) in [5, 5.41) is 0. The van der Waals surface area contributed by atoms with E-state index in [0.717, 1.165) is 18.8 Å². The summed E-state index contributed by atoms with van der Waals surface area (Å²) in [6.45, 7) is 3.73. The van der Waals surface area contributed by atoms with Gasteiger partial charge < -0.3 is 10.3 Å². The van der Waals surface area contributed by atoms with Gasteiger partial charge in [0, 0.05) is 32.0 Å². The van der Waals surface area contributed by atoms with E-state index in [-0.39, 0.29) is 0 Å². The van der Waals surface area contributed by atoms with Crippen LogP contribution in [0.25, 0.3) is 0 Å². The molecule has 0 aliphatic carbocycles. The minimum atomic E-state index is 0.451. The van der Waals surface area contributed by atoms with Crippen LogP contribution in [0.3, 0.4) is 0 Å². The molecule has 4 nitrogen and oxygen atoms in total. The molecule has 2 N–H and O–H groups in total. The molecule has 14 heavy (non-hydrogen) atoms. The van der Waals surface area contributed by atoms with Crippen molar-refractivity contribution < 1.29 is 0 Å². The van der Waals surface area contributed by atoms with Gasteiger partial charge in [0.15, 0.2) is 0 Å². The van der Waals surface area contributed by atoms with Crippen molar-refractivity contribution in [1.82, 2.24) is 14.5 Å². The van der Waals surface area contributed by atoms with Gasteiger partial charge in [-0.2, -0.15) is 0 Å². The second-order valence-electron chi connectivity index (χ2n) is 3.67. The van der Waals surface area contributed by atoms with Crippen molar-refractivity contribution in [2.45, 2.75) is 25.9 Å². The SMILES string of the molecule is CCC(CN)N(C)Cc1nccn1C. The molecule has 0 amide bonds. The standard InChI is InChI=1S/C10H20N4/c1-4-9(7-11)14(3)8-10-12-5-6-13(10)2/h5-6,9H,4,7-8,11H2,1-3H3. The molecule has 0 saturated carbocycles. The third kappa shape index (κ3) is 2.56. The maximum absolute atomic E-state index is 5.68. The van der Waals surface area contributed by atoms with Crippen molar-refractivity contribution in [2.24, 2.45) is 12.8 Å². The van der Waals surface area contributed by atoms with Crippen LogP contribution >= 0.6 is 0 Å². The molecule has 0 fully saturated rings. The monoisotopic (exact) mass is 196 g/mol. The summed E-state index contributed by atoms with van der Waals surface area (Å²) in [6.07, 6.45) is 4.87. The Morgan fingerprint density at radius 3 is 2.79 bits per heavy atom. The molecule has 0 aliphatic heterocycles. The highest BCUT2D eigenvalue weighted by Gasteiger charge is 2.12. The van der Waals surface area contributed by atoms with E-state index in [1.807, 2.05) is 24.0 Å². The van der Waals surface area contributed by atoms with Gasteiger partial charge in [0.05, 0.1) is 6.54 Å². The van der Waals surface area contributed by atoms with Crippen LogP contribution < -0.4 is 5.73 Å². The minimum absolute atomic E-state index is 0.451. The van der Waals surface area contributed by atoms with Crippen LogP contribution in [0.4, 0.5) is 0 Å². The van der Waals surface area contributed by atoms with Crippen molar-refractivity contribution in [2.75, 3.05) is 13.6 Å². The molecule has 0 aromatic carbocycles. The summed E-state index contributed by atoms with van der Waals surface area (Å²) in [6, 6.07) is 0.451. The first-order valence-corrected chi connectivity index (χ1v) is 5.05. The molecular formula is C10H20N4. The van der Waals surface area contributed by atoms with Gasteiger partial charge in [-0.15, -0.1) is 0 Å². The predicted octanol–water partition coefficient (Wildman–Crippen LogP) is 0.589. The summed E-state index contributed by atoms with van der Waals surface area (Å²) in [5.74, 6) is 1.08. The molecule has 80 valence electrons. The number of aryl methyl sites for hydroxylation is 1. The maximum atomic E-state index is 5.68. The Morgan fingerprint density at radius 1 is 1.64 bits per heavy atom. The maximum Gasteiger partial charge on any atom is 0.122 e. The molecule has 0 bridgehead atoms. The zero-order chi connectivity index (χ0) is 10.6. The number of nitrogens with two attached hydrogens (primary N) is 1. The number of aromatic nitrogens is 2. The van der Waals surface area contributed by atoms with Gasteiger partial charge in [0.2, 0.25) is 0 Å². The highest BCUT2D eigenvalue weighted by Crippen LogP contribution is 2.05. The normalized spacial score (nSPS) is 13.5. The van der Waals surface area contributed by atoms with E-state index in [1.54, 1.807) is 0 Å². The Labute approximate surface area is 85.7 Å². The Kier molecular flexibility index (Phi) is 4.10. The lowest BCUT2D eigenvalue weighted by Crippen LogP contribution is -2.37. The lowest BCUT2D eigenvalue weighted by atomic mass is 10.2. The first-order valence-electron chi connectivity index (χ1n) is 5.05. The lowest BCUT2D eigenvalue weighted by molar-refractivity contribution is 0.225. The smallest absolute Gasteiger partial charge is 0.122 e. The summed E-state index contributed by atoms with van der Waals surface area (Å²) in [7, 11) is 4.11. The van der Waals surface area contributed by atoms with Gasteiger partial charge in [-0.3, -0.25) is 4.90 Å². The molecule has 1 aromatic rings. The van der Waals surface area contributed by atoms with Crippen LogP contribution in [-0.2, 0) is 13.6 Å². The van der Waals surface area contributed by atoms with Crippen molar-refractivity contribution in [3.8, 4) is 0 Å². The number of likely N-dealkylation sites (N-methyl/N-ethyl adjacent to an activating group) is 1. The third-order valence-corrected chi connectivity index (χ3v) is 2.68. The number of rotatable bonds is 5. The van der Waals surface area contributed by atoms with E-state index in [2.05, 4.69) is 23.9 Å². The highest BCUT2D eigenvalue weighted by atomic mass is 15.2. The molecule has 0 radical (unpaired) electrons. The van der Waals surface area contributed by atoms with Crippen molar-refractivity contribution in [1.29, 1.82) is 0 Å². The van der Waals surface area contributed by atoms with Crippen LogP contribution in [0, 0.1) is 0 Å². The number of hydrogen-bond acceptors (Lipinski definition) is 3. The number of nitrogens with zero attached hydrogens (tertiary/aromatic N) is 3. The van der Waals surface area contributed by atoms with Gasteiger partial charge in [-0.05, 0) is 13.5 Å². The molecule has 0 saturated heterocycles. The molecule has 0 aliphatic rings. The first-order chi connectivity index (χ1) is 6.69. The average molecular weight is 196 g/mol. The van der Waals surface area contributed by atoms with Crippen molar-refractivity contribution >= 4 is 0 Å². The predicted molar refractivity (Wildman–Crippen MR) is 57.8 cm³/mol. The molecule has 4 heteroatoms. The second-order valence-corrected chi connectivity index (χ2v) is 3.67. The van der Waals surface area contributed by atoms with E-state index in [9.17, 15) is 0 Å². The fourth-order valence-electron chi connectivity index (χ4n) is 1.56. The minimum Gasteiger partial charge on any atom is -0.337 e. The van der Waals surface area contributed by atoms with E-state index in [0.29, 0.717) is 12.6 Å². The van der Waals surface area contributed by atoms with Gasteiger partial charge in [0.25, 0.3) is 0 Å². The summed E-state index contributed by atoms with van der Waals surface area (Å²) < 4.78 is 2.04. The van der Waals surface area contributed by atoms with Crippen molar-refractivity contribution in [3.63, 3.8) is 0 Å². The van der Waals surface area contributed by atoms with E-state index < -0.39 is 0 Å². The van der Waals surface area contributed by atoms with Gasteiger partial charge in [0.1, 0.15) is 5.82 Å². The topological polar surface area (TPSA) is 47.1 Å². The van der Waals surface area contributed by atoms with Gasteiger partial charge in [-0.1, -0.05) is 6.92 Å².